The summed E-state index contributed by atoms with van der Waals surface area (Å²) in [5, 5.41) is 16.7. The molecule has 0 saturated carbocycles. The molecule has 0 bridgehead atoms. The summed E-state index contributed by atoms with van der Waals surface area (Å²) >= 11 is 0. The normalized spacial score (nSPS) is 16.6. The first-order chi connectivity index (χ1) is 8.13. The van der Waals surface area contributed by atoms with Gasteiger partial charge in [0.25, 0.3) is 0 Å². The van der Waals surface area contributed by atoms with Crippen LogP contribution in [0.2, 0.25) is 0 Å². The minimum atomic E-state index is 0.721. The number of ether oxygens (including phenoxy) is 1. The monoisotopic (exact) mass is 239 g/mol. The molecular formula is C12H23N4O+. The smallest absolute Gasteiger partial charge is 0.190 e. The summed E-state index contributed by atoms with van der Waals surface area (Å²) in [5.74, 6) is 0. The van der Waals surface area contributed by atoms with Crippen LogP contribution in [0.4, 0.5) is 0 Å². The zero-order chi connectivity index (χ0) is 13.1. The molecule has 0 aliphatic carbocycles. The van der Waals surface area contributed by atoms with Gasteiger partial charge in [0.15, 0.2) is 19.1 Å². The first-order valence-electron chi connectivity index (χ1n) is 6.09. The molecular weight excluding hydrogens is 216 g/mol. The van der Waals surface area contributed by atoms with E-state index >= 15 is 0 Å². The maximum absolute atomic E-state index is 7.48. The fraction of sp³-hybridized carbons (Fsp3) is 0.833. The minimum Gasteiger partial charge on any atom is -0.332 e. The van der Waals surface area contributed by atoms with Crippen LogP contribution in [0.1, 0.15) is 33.6 Å². The van der Waals surface area contributed by atoms with Crippen molar-refractivity contribution in [2.75, 3.05) is 26.4 Å². The second kappa shape index (κ2) is 8.81. The molecule has 5 nitrogen and oxygen atoms in total. The van der Waals surface area contributed by atoms with Crippen LogP contribution in [0.5, 0.6) is 0 Å². The van der Waals surface area contributed by atoms with Gasteiger partial charge in [0.1, 0.15) is 0 Å². The van der Waals surface area contributed by atoms with Crippen molar-refractivity contribution < 1.29 is 9.22 Å². The van der Waals surface area contributed by atoms with Crippen LogP contribution in [0, 0.1) is 22.9 Å². The first kappa shape index (κ1) is 15.7. The number of nitrogens with zero attached hydrogens (tertiary/aromatic N) is 3. The molecule has 0 aromatic heterocycles. The Labute approximate surface area is 104 Å². The maximum Gasteiger partial charge on any atom is 0.190 e. The third kappa shape index (κ3) is 5.53. The SMILES string of the molecule is CCOC[N+]1(C(C)C)CCCC1.N#CNC#N. The minimum absolute atomic E-state index is 0.721. The summed E-state index contributed by atoms with van der Waals surface area (Å²) in [5.41, 5.74) is 0. The van der Waals surface area contributed by atoms with Gasteiger partial charge < -0.3 is 4.74 Å². The summed E-state index contributed by atoms with van der Waals surface area (Å²) in [6, 6.07) is 0.721. The van der Waals surface area contributed by atoms with Crippen molar-refractivity contribution in [2.24, 2.45) is 0 Å². The van der Waals surface area contributed by atoms with Gasteiger partial charge in [-0.25, -0.2) is 5.32 Å². The lowest BCUT2D eigenvalue weighted by atomic mass is 10.3. The van der Waals surface area contributed by atoms with Gasteiger partial charge >= 0.3 is 0 Å². The number of rotatable bonds is 4. The van der Waals surface area contributed by atoms with Crippen LogP contribution >= 0.6 is 0 Å². The Hall–Kier alpha value is -1.30. The Balaban J connectivity index is 0.000000437. The predicted molar refractivity (Wildman–Crippen MR) is 65.2 cm³/mol. The van der Waals surface area contributed by atoms with E-state index in [1.165, 1.54) is 42.8 Å². The van der Waals surface area contributed by atoms with Crippen LogP contribution in [-0.4, -0.2) is 37.0 Å². The molecule has 0 radical (unpaired) electrons. The topological polar surface area (TPSA) is 68.8 Å². The van der Waals surface area contributed by atoms with Gasteiger partial charge in [0.2, 0.25) is 0 Å². The van der Waals surface area contributed by atoms with E-state index in [-0.39, 0.29) is 0 Å². The average molecular weight is 239 g/mol. The van der Waals surface area contributed by atoms with E-state index in [0.717, 1.165) is 19.4 Å². The van der Waals surface area contributed by atoms with E-state index in [1.54, 1.807) is 5.32 Å². The second-order valence-electron chi connectivity index (χ2n) is 4.44. The third-order valence-electron chi connectivity index (χ3n) is 3.22. The molecule has 17 heavy (non-hydrogen) atoms. The van der Waals surface area contributed by atoms with Gasteiger partial charge in [-0.2, -0.15) is 10.5 Å². The van der Waals surface area contributed by atoms with E-state index in [2.05, 4.69) is 20.8 Å². The Morgan fingerprint density at radius 1 is 1.24 bits per heavy atom. The quantitative estimate of drug-likeness (QED) is 0.459. The van der Waals surface area contributed by atoms with Crippen molar-refractivity contribution in [3.63, 3.8) is 0 Å². The van der Waals surface area contributed by atoms with E-state index < -0.39 is 0 Å². The highest BCUT2D eigenvalue weighted by Gasteiger charge is 2.34. The molecule has 0 atom stereocenters. The van der Waals surface area contributed by atoms with Gasteiger partial charge in [0.05, 0.1) is 19.1 Å². The highest BCUT2D eigenvalue weighted by atomic mass is 16.5. The molecule has 1 aliphatic heterocycles. The number of nitrogens with one attached hydrogen (secondary N) is 1. The van der Waals surface area contributed by atoms with Crippen LogP contribution in [0.25, 0.3) is 0 Å². The lowest BCUT2D eigenvalue weighted by molar-refractivity contribution is -0.954. The van der Waals surface area contributed by atoms with Crippen LogP contribution in [0.3, 0.4) is 0 Å². The predicted octanol–water partition coefficient (Wildman–Crippen LogP) is 1.54. The summed E-state index contributed by atoms with van der Waals surface area (Å²) in [4.78, 5) is 0. The number of quaternary nitrogens is 1. The molecule has 0 unspecified atom stereocenters. The average Bonchev–Trinajstić information content (AvgIpc) is 2.78. The van der Waals surface area contributed by atoms with E-state index in [0.29, 0.717) is 0 Å². The summed E-state index contributed by atoms with van der Waals surface area (Å²) < 4.78 is 6.74. The molecule has 0 aromatic rings. The summed E-state index contributed by atoms with van der Waals surface area (Å²) in [6.45, 7) is 11.1. The standard InChI is InChI=1S/C10H22NO.C2HN3/c1-4-12-9-11(10(2)3)7-5-6-8-11;3-1-5-2-4/h10H,4-9H2,1-3H3;5H/q+1;. The van der Waals surface area contributed by atoms with Crippen LogP contribution in [-0.2, 0) is 4.74 Å². The Morgan fingerprint density at radius 2 is 1.76 bits per heavy atom. The molecule has 0 aromatic carbocycles. The van der Waals surface area contributed by atoms with Crippen LogP contribution < -0.4 is 5.32 Å². The summed E-state index contributed by atoms with van der Waals surface area (Å²) in [7, 11) is 0. The Bertz CT molecular complexity index is 259. The number of hydrogen-bond donors (Lipinski definition) is 1. The Morgan fingerprint density at radius 3 is 2.06 bits per heavy atom. The van der Waals surface area contributed by atoms with Gasteiger partial charge in [-0.15, -0.1) is 0 Å². The molecule has 1 aliphatic rings. The molecule has 1 rings (SSSR count). The van der Waals surface area contributed by atoms with Crippen molar-refractivity contribution in [3.8, 4) is 12.4 Å². The molecule has 1 saturated heterocycles. The van der Waals surface area contributed by atoms with E-state index in [9.17, 15) is 0 Å². The molecule has 1 heterocycles. The molecule has 0 amide bonds. The lowest BCUT2D eigenvalue weighted by Gasteiger charge is -2.37. The highest BCUT2D eigenvalue weighted by molar-refractivity contribution is 4.77. The first-order valence-corrected chi connectivity index (χ1v) is 6.09. The molecule has 1 N–H and O–H groups in total. The van der Waals surface area contributed by atoms with Gasteiger partial charge in [0, 0.05) is 19.4 Å². The third-order valence-corrected chi connectivity index (χ3v) is 3.22. The van der Waals surface area contributed by atoms with Crippen LogP contribution in [0.15, 0.2) is 0 Å². The fourth-order valence-corrected chi connectivity index (χ4v) is 2.06. The van der Waals surface area contributed by atoms with E-state index in [1.807, 2.05) is 0 Å². The fourth-order valence-electron chi connectivity index (χ4n) is 2.06. The van der Waals surface area contributed by atoms with Gasteiger partial charge in [-0.3, -0.25) is 4.48 Å². The van der Waals surface area contributed by atoms with Crippen molar-refractivity contribution in [1.82, 2.24) is 5.32 Å². The zero-order valence-electron chi connectivity index (χ0n) is 11.1. The lowest BCUT2D eigenvalue weighted by Crippen LogP contribution is -2.52. The number of likely N-dealkylation sites (tertiary alicyclic amines) is 1. The van der Waals surface area contributed by atoms with Crippen molar-refractivity contribution in [3.05, 3.63) is 0 Å². The Kier molecular flexibility index (Phi) is 8.13. The highest BCUT2D eigenvalue weighted by Crippen LogP contribution is 2.23. The molecule has 1 fully saturated rings. The van der Waals surface area contributed by atoms with Gasteiger partial charge in [-0.1, -0.05) is 0 Å². The number of nitriles is 2. The van der Waals surface area contributed by atoms with Gasteiger partial charge in [-0.05, 0) is 20.8 Å². The summed E-state index contributed by atoms with van der Waals surface area (Å²) in [6.07, 6.45) is 5.57. The maximum atomic E-state index is 7.48. The van der Waals surface area contributed by atoms with Crippen molar-refractivity contribution in [2.45, 2.75) is 39.7 Å². The molecule has 5 heteroatoms. The number of hydrogen-bond acceptors (Lipinski definition) is 4. The molecule has 96 valence electrons. The second-order valence-corrected chi connectivity index (χ2v) is 4.44. The zero-order valence-corrected chi connectivity index (χ0v) is 11.1. The van der Waals surface area contributed by atoms with Crippen molar-refractivity contribution >= 4 is 0 Å². The van der Waals surface area contributed by atoms with Crippen molar-refractivity contribution in [1.29, 1.82) is 10.5 Å². The van der Waals surface area contributed by atoms with E-state index in [4.69, 9.17) is 15.3 Å². The molecule has 0 spiro atoms. The largest absolute Gasteiger partial charge is 0.332 e.